The lowest BCUT2D eigenvalue weighted by Crippen LogP contribution is -2.13. The van der Waals surface area contributed by atoms with Gasteiger partial charge in [0.2, 0.25) is 0 Å². The predicted octanol–water partition coefficient (Wildman–Crippen LogP) is 1.72. The van der Waals surface area contributed by atoms with E-state index < -0.39 is 0 Å². The molecule has 0 amide bonds. The molecule has 2 saturated carbocycles. The fraction of sp³-hybridized carbons (Fsp3) is 1.00. The maximum absolute atomic E-state index is 5.45. The second-order valence-electron chi connectivity index (χ2n) is 3.96. The predicted molar refractivity (Wildman–Crippen MR) is 34.2 cm³/mol. The number of hydrogen-bond acceptors (Lipinski definition) is 1. The highest BCUT2D eigenvalue weighted by molar-refractivity contribution is 5.05. The van der Waals surface area contributed by atoms with E-state index in [2.05, 4.69) is 0 Å². The molecule has 1 aliphatic heterocycles. The van der Waals surface area contributed by atoms with Gasteiger partial charge in [-0.05, 0) is 37.5 Å². The molecule has 0 N–H and O–H groups in total. The summed E-state index contributed by atoms with van der Waals surface area (Å²) in [4.78, 5) is 0. The van der Waals surface area contributed by atoms with Crippen LogP contribution in [0.5, 0.6) is 0 Å². The first-order chi connectivity index (χ1) is 4.38. The Labute approximate surface area is 55.4 Å². The Hall–Kier alpha value is -0.0400. The summed E-state index contributed by atoms with van der Waals surface area (Å²) in [7, 11) is 0. The van der Waals surface area contributed by atoms with Crippen LogP contribution in [-0.2, 0) is 4.74 Å². The zero-order valence-electron chi connectivity index (χ0n) is 5.60. The number of epoxide rings is 1. The molecule has 1 nitrogen and oxygen atoms in total. The minimum absolute atomic E-state index is 0.705. The van der Waals surface area contributed by atoms with Crippen molar-refractivity contribution < 1.29 is 4.74 Å². The molecule has 3 aliphatic rings. The van der Waals surface area contributed by atoms with Gasteiger partial charge in [-0.1, -0.05) is 0 Å². The van der Waals surface area contributed by atoms with Crippen molar-refractivity contribution in [3.05, 3.63) is 0 Å². The van der Waals surface area contributed by atoms with E-state index in [0.29, 0.717) is 12.2 Å². The van der Waals surface area contributed by atoms with Gasteiger partial charge in [-0.15, -0.1) is 0 Å². The van der Waals surface area contributed by atoms with Gasteiger partial charge >= 0.3 is 0 Å². The third kappa shape index (κ3) is 0.586. The van der Waals surface area contributed by atoms with Gasteiger partial charge in [-0.25, -0.2) is 0 Å². The summed E-state index contributed by atoms with van der Waals surface area (Å²) in [6.45, 7) is 0. The molecule has 2 atom stereocenters. The van der Waals surface area contributed by atoms with Crippen molar-refractivity contribution in [3.8, 4) is 0 Å². The maximum Gasteiger partial charge on any atom is 0.0847 e. The topological polar surface area (TPSA) is 12.5 Å². The van der Waals surface area contributed by atoms with Crippen LogP contribution in [0.4, 0.5) is 0 Å². The van der Waals surface area contributed by atoms with Gasteiger partial charge in [0.25, 0.3) is 0 Å². The van der Waals surface area contributed by atoms with Gasteiger partial charge in [-0.2, -0.15) is 0 Å². The average molecular weight is 124 g/mol. The molecule has 3 fully saturated rings. The first-order valence-corrected chi connectivity index (χ1v) is 4.04. The lowest BCUT2D eigenvalue weighted by molar-refractivity contribution is 0.351. The van der Waals surface area contributed by atoms with Crippen molar-refractivity contribution in [2.45, 2.75) is 44.3 Å². The minimum Gasteiger partial charge on any atom is -0.370 e. The van der Waals surface area contributed by atoms with E-state index in [1.165, 1.54) is 32.1 Å². The van der Waals surface area contributed by atoms with Gasteiger partial charge in [-0.3, -0.25) is 0 Å². The average Bonchev–Trinajstić information content (AvgIpc) is 2.70. The molecule has 9 heavy (non-hydrogen) atoms. The maximum atomic E-state index is 5.45. The van der Waals surface area contributed by atoms with Crippen LogP contribution in [0.3, 0.4) is 0 Å². The van der Waals surface area contributed by atoms with Gasteiger partial charge < -0.3 is 4.74 Å². The summed E-state index contributed by atoms with van der Waals surface area (Å²) >= 11 is 0. The van der Waals surface area contributed by atoms with E-state index >= 15 is 0 Å². The van der Waals surface area contributed by atoms with Crippen molar-refractivity contribution in [2.75, 3.05) is 0 Å². The van der Waals surface area contributed by atoms with Crippen molar-refractivity contribution in [2.24, 2.45) is 5.41 Å². The molecular weight excluding hydrogens is 112 g/mol. The van der Waals surface area contributed by atoms with Gasteiger partial charge in [0, 0.05) is 0 Å². The molecule has 1 heteroatoms. The fourth-order valence-electron chi connectivity index (χ4n) is 2.22. The van der Waals surface area contributed by atoms with Crippen LogP contribution in [0.2, 0.25) is 0 Å². The summed E-state index contributed by atoms with van der Waals surface area (Å²) in [5.41, 5.74) is 0.817. The molecule has 0 bridgehead atoms. The quantitative estimate of drug-likeness (QED) is 0.448. The molecule has 0 aromatic heterocycles. The molecule has 0 radical (unpaired) electrons. The Morgan fingerprint density at radius 2 is 2.00 bits per heavy atom. The molecule has 1 spiro atoms. The summed E-state index contributed by atoms with van der Waals surface area (Å²) in [6.07, 6.45) is 8.65. The van der Waals surface area contributed by atoms with Crippen LogP contribution in [0, 0.1) is 5.41 Å². The number of rotatable bonds is 0. The van der Waals surface area contributed by atoms with Crippen LogP contribution in [0.15, 0.2) is 0 Å². The van der Waals surface area contributed by atoms with Crippen molar-refractivity contribution in [3.63, 3.8) is 0 Å². The summed E-state index contributed by atoms with van der Waals surface area (Å²) in [5.74, 6) is 0. The molecule has 0 unspecified atom stereocenters. The molecule has 2 aliphatic carbocycles. The number of hydrogen-bond donors (Lipinski definition) is 0. The zero-order valence-corrected chi connectivity index (χ0v) is 5.60. The minimum atomic E-state index is 0.705. The normalized spacial score (nSPS) is 50.7. The van der Waals surface area contributed by atoms with Crippen LogP contribution in [0.25, 0.3) is 0 Å². The van der Waals surface area contributed by atoms with Crippen LogP contribution in [-0.4, -0.2) is 12.2 Å². The SMILES string of the molecule is C1CC2(CC2)C[C@@H]2O[C@H]12. The third-order valence-corrected chi connectivity index (χ3v) is 3.24. The van der Waals surface area contributed by atoms with E-state index in [0.717, 1.165) is 5.41 Å². The molecule has 0 aromatic carbocycles. The molecule has 0 aromatic rings. The second kappa shape index (κ2) is 1.20. The Balaban J connectivity index is 1.80. The smallest absolute Gasteiger partial charge is 0.0847 e. The second-order valence-corrected chi connectivity index (χ2v) is 3.96. The molecule has 1 saturated heterocycles. The zero-order chi connectivity index (χ0) is 5.90. The van der Waals surface area contributed by atoms with E-state index in [1.54, 1.807) is 0 Å². The van der Waals surface area contributed by atoms with Gasteiger partial charge in [0.15, 0.2) is 0 Å². The lowest BCUT2D eigenvalue weighted by atomic mass is 9.87. The molecule has 50 valence electrons. The van der Waals surface area contributed by atoms with Gasteiger partial charge in [0.1, 0.15) is 0 Å². The van der Waals surface area contributed by atoms with Crippen molar-refractivity contribution >= 4 is 0 Å². The molecule has 1 heterocycles. The highest BCUT2D eigenvalue weighted by atomic mass is 16.6. The lowest BCUT2D eigenvalue weighted by Gasteiger charge is -2.15. The number of fused-ring (bicyclic) bond motifs is 1. The van der Waals surface area contributed by atoms with E-state index in [4.69, 9.17) is 4.74 Å². The third-order valence-electron chi connectivity index (χ3n) is 3.24. The Kier molecular flexibility index (Phi) is 0.628. The van der Waals surface area contributed by atoms with E-state index in [1.807, 2.05) is 0 Å². The summed E-state index contributed by atoms with van der Waals surface area (Å²) in [6, 6.07) is 0. The summed E-state index contributed by atoms with van der Waals surface area (Å²) in [5, 5.41) is 0. The van der Waals surface area contributed by atoms with Crippen molar-refractivity contribution in [1.82, 2.24) is 0 Å². The summed E-state index contributed by atoms with van der Waals surface area (Å²) < 4.78 is 5.45. The van der Waals surface area contributed by atoms with Crippen LogP contribution < -0.4 is 0 Å². The first-order valence-electron chi connectivity index (χ1n) is 4.04. The van der Waals surface area contributed by atoms with Crippen LogP contribution in [0.1, 0.15) is 32.1 Å². The fourth-order valence-corrected chi connectivity index (χ4v) is 2.22. The largest absolute Gasteiger partial charge is 0.370 e. The molecule has 3 rings (SSSR count). The van der Waals surface area contributed by atoms with Crippen molar-refractivity contribution in [1.29, 1.82) is 0 Å². The van der Waals surface area contributed by atoms with Crippen LogP contribution >= 0.6 is 0 Å². The standard InChI is InChI=1S/C8H12O/c1-2-8(3-4-8)5-7-6(1)9-7/h6-7H,1-5H2/t6-,7+/m1/s1. The van der Waals surface area contributed by atoms with E-state index in [9.17, 15) is 0 Å². The monoisotopic (exact) mass is 124 g/mol. The number of ether oxygens (including phenoxy) is 1. The van der Waals surface area contributed by atoms with Gasteiger partial charge in [0.05, 0.1) is 12.2 Å². The Bertz CT molecular complexity index is 149. The highest BCUT2D eigenvalue weighted by Gasteiger charge is 2.55. The van der Waals surface area contributed by atoms with E-state index in [-0.39, 0.29) is 0 Å². The molecular formula is C8H12O. The first kappa shape index (κ1) is 4.73. The highest BCUT2D eigenvalue weighted by Crippen LogP contribution is 2.60. The Morgan fingerprint density at radius 3 is 2.67 bits per heavy atom. The Morgan fingerprint density at radius 1 is 1.11 bits per heavy atom.